The Kier molecular flexibility index (Phi) is 6.84. The van der Waals surface area contributed by atoms with E-state index >= 15 is 0 Å². The van der Waals surface area contributed by atoms with Crippen LogP contribution < -0.4 is 0 Å². The van der Waals surface area contributed by atoms with Crippen molar-refractivity contribution in [2.45, 2.75) is 31.9 Å². The molecule has 0 aliphatic rings. The zero-order chi connectivity index (χ0) is 14.5. The molecule has 0 aromatic heterocycles. The van der Waals surface area contributed by atoms with Crippen LogP contribution in [0.2, 0.25) is 5.02 Å². The van der Waals surface area contributed by atoms with Crippen LogP contribution in [0, 0.1) is 5.92 Å². The van der Waals surface area contributed by atoms with Gasteiger partial charge in [-0.05, 0) is 44.2 Å². The molecule has 2 nitrogen and oxygen atoms in total. The van der Waals surface area contributed by atoms with Crippen molar-refractivity contribution in [3.63, 3.8) is 0 Å². The van der Waals surface area contributed by atoms with Crippen LogP contribution in [-0.4, -0.2) is 24.8 Å². The lowest BCUT2D eigenvalue weighted by Crippen LogP contribution is -2.21. The fourth-order valence-corrected chi connectivity index (χ4v) is 3.67. The zero-order valence-electron chi connectivity index (χ0n) is 11.3. The van der Waals surface area contributed by atoms with Gasteiger partial charge in [-0.15, -0.1) is 0 Å². The van der Waals surface area contributed by atoms with Crippen molar-refractivity contribution < 1.29 is 8.42 Å². The molecule has 0 aliphatic carbocycles. The van der Waals surface area contributed by atoms with Gasteiger partial charge in [0.05, 0.1) is 11.0 Å². The van der Waals surface area contributed by atoms with E-state index in [0.29, 0.717) is 6.42 Å². The van der Waals surface area contributed by atoms with Gasteiger partial charge in [0.2, 0.25) is 0 Å². The van der Waals surface area contributed by atoms with Crippen LogP contribution in [0.4, 0.5) is 0 Å². The van der Waals surface area contributed by atoms with Crippen LogP contribution in [0.5, 0.6) is 0 Å². The summed E-state index contributed by atoms with van der Waals surface area (Å²) >= 11 is 9.60. The van der Waals surface area contributed by atoms with Crippen LogP contribution in [0.25, 0.3) is 0 Å². The number of hydrogen-bond donors (Lipinski definition) is 0. The molecular weight excluding hydrogens is 348 g/mol. The molecule has 0 amide bonds. The smallest absolute Gasteiger partial charge is 0.152 e. The van der Waals surface area contributed by atoms with Gasteiger partial charge in [0.1, 0.15) is 0 Å². The second-order valence-corrected chi connectivity index (χ2v) is 8.75. The predicted molar refractivity (Wildman–Crippen MR) is 86.0 cm³/mol. The molecule has 1 aromatic rings. The largest absolute Gasteiger partial charge is 0.229 e. The molecule has 108 valence electrons. The van der Waals surface area contributed by atoms with E-state index in [4.69, 9.17) is 11.6 Å². The number of hydrogen-bond acceptors (Lipinski definition) is 2. The number of sulfone groups is 1. The number of benzene rings is 1. The lowest BCUT2D eigenvalue weighted by molar-refractivity contribution is 0.548. The molecule has 0 bridgehead atoms. The maximum atomic E-state index is 11.8. The van der Waals surface area contributed by atoms with Gasteiger partial charge in [-0.25, -0.2) is 8.42 Å². The Morgan fingerprint density at radius 3 is 2.42 bits per heavy atom. The summed E-state index contributed by atoms with van der Waals surface area (Å²) in [5.41, 5.74) is 1.08. The molecule has 0 N–H and O–H groups in total. The fourth-order valence-electron chi connectivity index (χ4n) is 1.78. The molecule has 1 unspecified atom stereocenters. The normalized spacial score (nSPS) is 13.7. The van der Waals surface area contributed by atoms with E-state index in [0.717, 1.165) is 22.3 Å². The highest BCUT2D eigenvalue weighted by Gasteiger charge is 2.19. The van der Waals surface area contributed by atoms with E-state index in [1.165, 1.54) is 0 Å². The first-order chi connectivity index (χ1) is 8.86. The third kappa shape index (κ3) is 5.44. The summed E-state index contributed by atoms with van der Waals surface area (Å²) in [5, 5.41) is 1.23. The van der Waals surface area contributed by atoms with E-state index in [1.54, 1.807) is 13.8 Å². The zero-order valence-corrected chi connectivity index (χ0v) is 14.4. The summed E-state index contributed by atoms with van der Waals surface area (Å²) in [6.07, 6.45) is 1.47. The molecule has 0 aliphatic heterocycles. The van der Waals surface area contributed by atoms with Crippen molar-refractivity contribution in [1.29, 1.82) is 0 Å². The van der Waals surface area contributed by atoms with Crippen LogP contribution in [-0.2, 0) is 16.3 Å². The number of halogens is 2. The summed E-state index contributed by atoms with van der Waals surface area (Å²) in [5.74, 6) is 0.527. The molecule has 1 aromatic carbocycles. The SMILES string of the molecule is CC(C)S(=O)(=O)CCC(CBr)Cc1ccccc1Cl. The summed E-state index contributed by atoms with van der Waals surface area (Å²) in [4.78, 5) is 0. The van der Waals surface area contributed by atoms with Crippen molar-refractivity contribution in [1.82, 2.24) is 0 Å². The predicted octanol–water partition coefficient (Wildman–Crippen LogP) is 4.11. The van der Waals surface area contributed by atoms with Gasteiger partial charge in [0.25, 0.3) is 0 Å². The first-order valence-corrected chi connectivity index (χ1v) is 9.59. The Labute approximate surface area is 129 Å². The standard InChI is InChI=1S/C14H20BrClO2S/c1-11(2)19(17,18)8-7-12(10-15)9-13-5-3-4-6-14(13)16/h3-6,11-12H,7-10H2,1-2H3. The fraction of sp³-hybridized carbons (Fsp3) is 0.571. The quantitative estimate of drug-likeness (QED) is 0.680. The summed E-state index contributed by atoms with van der Waals surface area (Å²) in [6.45, 7) is 3.46. The van der Waals surface area contributed by atoms with Crippen molar-refractivity contribution in [2.24, 2.45) is 5.92 Å². The molecule has 1 rings (SSSR count). The third-order valence-electron chi connectivity index (χ3n) is 3.21. The average Bonchev–Trinajstić information content (AvgIpc) is 2.36. The van der Waals surface area contributed by atoms with Crippen molar-refractivity contribution in [2.75, 3.05) is 11.1 Å². The van der Waals surface area contributed by atoms with Crippen molar-refractivity contribution in [3.8, 4) is 0 Å². The van der Waals surface area contributed by atoms with Crippen LogP contribution in [0.1, 0.15) is 25.8 Å². The molecule has 1 atom stereocenters. The Bertz CT molecular complexity index is 500. The van der Waals surface area contributed by atoms with Gasteiger partial charge >= 0.3 is 0 Å². The molecule has 19 heavy (non-hydrogen) atoms. The molecule has 0 saturated carbocycles. The van der Waals surface area contributed by atoms with Gasteiger partial charge in [-0.2, -0.15) is 0 Å². The van der Waals surface area contributed by atoms with Crippen LogP contribution in [0.15, 0.2) is 24.3 Å². The maximum Gasteiger partial charge on any atom is 0.152 e. The number of alkyl halides is 1. The minimum atomic E-state index is -2.96. The summed E-state index contributed by atoms with van der Waals surface area (Å²) in [6, 6.07) is 7.72. The van der Waals surface area contributed by atoms with Gasteiger partial charge in [0.15, 0.2) is 9.84 Å². The second kappa shape index (κ2) is 7.65. The first kappa shape index (κ1) is 17.0. The average molecular weight is 368 g/mol. The monoisotopic (exact) mass is 366 g/mol. The molecule has 5 heteroatoms. The van der Waals surface area contributed by atoms with E-state index in [-0.39, 0.29) is 16.9 Å². The molecular formula is C14H20BrClO2S. The van der Waals surface area contributed by atoms with Crippen molar-refractivity contribution in [3.05, 3.63) is 34.9 Å². The Morgan fingerprint density at radius 2 is 1.89 bits per heavy atom. The molecule has 0 spiro atoms. The third-order valence-corrected chi connectivity index (χ3v) is 6.74. The lowest BCUT2D eigenvalue weighted by Gasteiger charge is -2.16. The Balaban J connectivity index is 2.63. The van der Waals surface area contributed by atoms with Crippen LogP contribution in [0.3, 0.4) is 0 Å². The Morgan fingerprint density at radius 1 is 1.26 bits per heavy atom. The highest BCUT2D eigenvalue weighted by molar-refractivity contribution is 9.09. The number of rotatable bonds is 7. The van der Waals surface area contributed by atoms with Gasteiger partial charge in [-0.3, -0.25) is 0 Å². The minimum absolute atomic E-state index is 0.241. The van der Waals surface area contributed by atoms with E-state index in [1.807, 2.05) is 24.3 Å². The molecule has 0 saturated heterocycles. The topological polar surface area (TPSA) is 34.1 Å². The lowest BCUT2D eigenvalue weighted by atomic mass is 9.99. The van der Waals surface area contributed by atoms with E-state index in [2.05, 4.69) is 15.9 Å². The Hall–Kier alpha value is -0.0600. The highest BCUT2D eigenvalue weighted by Crippen LogP contribution is 2.22. The molecule has 0 heterocycles. The van der Waals surface area contributed by atoms with Crippen molar-refractivity contribution >= 4 is 37.4 Å². The van der Waals surface area contributed by atoms with Gasteiger partial charge in [0, 0.05) is 10.4 Å². The summed E-state index contributed by atoms with van der Waals surface area (Å²) in [7, 11) is -2.96. The first-order valence-electron chi connectivity index (χ1n) is 6.37. The highest BCUT2D eigenvalue weighted by atomic mass is 79.9. The van der Waals surface area contributed by atoms with Gasteiger partial charge in [-0.1, -0.05) is 45.7 Å². The molecule has 0 fully saturated rings. The molecule has 0 radical (unpaired) electrons. The minimum Gasteiger partial charge on any atom is -0.229 e. The van der Waals surface area contributed by atoms with E-state index < -0.39 is 9.84 Å². The maximum absolute atomic E-state index is 11.8. The summed E-state index contributed by atoms with van der Waals surface area (Å²) < 4.78 is 23.7. The second-order valence-electron chi connectivity index (χ2n) is 5.02. The van der Waals surface area contributed by atoms with E-state index in [9.17, 15) is 8.42 Å². The van der Waals surface area contributed by atoms with Crippen LogP contribution >= 0.6 is 27.5 Å². The van der Waals surface area contributed by atoms with Gasteiger partial charge < -0.3 is 0 Å².